The number of aliphatic hydroxyl groups excluding tert-OH is 1. The maximum Gasteiger partial charge on any atom is 0.225 e. The lowest BCUT2D eigenvalue weighted by Crippen LogP contribution is -2.37. The molecule has 2 atom stereocenters. The van der Waals surface area contributed by atoms with Gasteiger partial charge >= 0.3 is 0 Å². The lowest BCUT2D eigenvalue weighted by Gasteiger charge is -2.20. The van der Waals surface area contributed by atoms with Gasteiger partial charge in [-0.2, -0.15) is 0 Å². The SMILES string of the molecule is CC(O)CNC(=O)C1CC(=O)N(C(C)C)C1. The van der Waals surface area contributed by atoms with Crippen LogP contribution in [0.5, 0.6) is 0 Å². The van der Waals surface area contributed by atoms with Gasteiger partial charge in [-0.05, 0) is 20.8 Å². The summed E-state index contributed by atoms with van der Waals surface area (Å²) in [4.78, 5) is 24.9. The van der Waals surface area contributed by atoms with Crippen molar-refractivity contribution in [1.29, 1.82) is 0 Å². The first-order chi connectivity index (χ1) is 7.41. The van der Waals surface area contributed by atoms with Crippen molar-refractivity contribution >= 4 is 11.8 Å². The first-order valence-electron chi connectivity index (χ1n) is 5.67. The average Bonchev–Trinajstić information content (AvgIpc) is 2.56. The van der Waals surface area contributed by atoms with E-state index in [9.17, 15) is 9.59 Å². The Kier molecular flexibility index (Phi) is 4.29. The number of nitrogens with zero attached hydrogens (tertiary/aromatic N) is 1. The third-order valence-electron chi connectivity index (χ3n) is 2.72. The number of likely N-dealkylation sites (tertiary alicyclic amines) is 1. The Morgan fingerprint density at radius 3 is 2.62 bits per heavy atom. The number of rotatable bonds is 4. The molecule has 0 spiro atoms. The van der Waals surface area contributed by atoms with Gasteiger partial charge in [0.15, 0.2) is 0 Å². The van der Waals surface area contributed by atoms with Crippen LogP contribution in [0.15, 0.2) is 0 Å². The molecule has 0 radical (unpaired) electrons. The van der Waals surface area contributed by atoms with Crippen LogP contribution in [0.4, 0.5) is 0 Å². The Balaban J connectivity index is 2.45. The van der Waals surface area contributed by atoms with Crippen LogP contribution in [-0.4, -0.2) is 47.1 Å². The van der Waals surface area contributed by atoms with E-state index in [1.807, 2.05) is 13.8 Å². The standard InChI is InChI=1S/C11H20N2O3/c1-7(2)13-6-9(4-10(13)15)11(16)12-5-8(3)14/h7-9,14H,4-6H2,1-3H3,(H,12,16). The highest BCUT2D eigenvalue weighted by Gasteiger charge is 2.35. The van der Waals surface area contributed by atoms with Gasteiger partial charge in [0.05, 0.1) is 12.0 Å². The van der Waals surface area contributed by atoms with Crippen LogP contribution in [-0.2, 0) is 9.59 Å². The Morgan fingerprint density at radius 2 is 2.19 bits per heavy atom. The summed E-state index contributed by atoms with van der Waals surface area (Å²) in [5.41, 5.74) is 0. The minimum Gasteiger partial charge on any atom is -0.392 e. The molecule has 5 heteroatoms. The van der Waals surface area contributed by atoms with Crippen LogP contribution in [0.2, 0.25) is 0 Å². The number of carbonyl (C=O) groups is 2. The Hall–Kier alpha value is -1.10. The molecule has 92 valence electrons. The summed E-state index contributed by atoms with van der Waals surface area (Å²) in [5.74, 6) is -0.377. The van der Waals surface area contributed by atoms with Gasteiger partial charge in [0.2, 0.25) is 11.8 Å². The number of carbonyl (C=O) groups excluding carboxylic acids is 2. The maximum atomic E-state index is 11.7. The lowest BCUT2D eigenvalue weighted by molar-refractivity contribution is -0.130. The molecule has 2 amide bonds. The average molecular weight is 228 g/mol. The normalized spacial score (nSPS) is 22.7. The number of hydrogen-bond donors (Lipinski definition) is 2. The van der Waals surface area contributed by atoms with Crippen LogP contribution in [0.3, 0.4) is 0 Å². The van der Waals surface area contributed by atoms with Crippen LogP contribution >= 0.6 is 0 Å². The number of amides is 2. The van der Waals surface area contributed by atoms with Gasteiger partial charge < -0.3 is 15.3 Å². The number of nitrogens with one attached hydrogen (secondary N) is 1. The molecule has 1 fully saturated rings. The van der Waals surface area contributed by atoms with E-state index in [-0.39, 0.29) is 36.7 Å². The summed E-state index contributed by atoms with van der Waals surface area (Å²) in [6, 6.07) is 0.141. The second kappa shape index (κ2) is 5.30. The van der Waals surface area contributed by atoms with Gasteiger partial charge in [0, 0.05) is 25.6 Å². The van der Waals surface area contributed by atoms with E-state index < -0.39 is 6.10 Å². The first kappa shape index (κ1) is 13.0. The smallest absolute Gasteiger partial charge is 0.225 e. The number of aliphatic hydroxyl groups is 1. The highest BCUT2D eigenvalue weighted by molar-refractivity contribution is 5.89. The van der Waals surface area contributed by atoms with Gasteiger partial charge in [0.25, 0.3) is 0 Å². The van der Waals surface area contributed by atoms with E-state index in [1.165, 1.54) is 0 Å². The van der Waals surface area contributed by atoms with E-state index in [4.69, 9.17) is 5.11 Å². The Bertz CT molecular complexity index is 276. The van der Waals surface area contributed by atoms with E-state index in [1.54, 1.807) is 11.8 Å². The highest BCUT2D eigenvalue weighted by atomic mass is 16.3. The summed E-state index contributed by atoms with van der Waals surface area (Å²) in [6.45, 7) is 6.22. The largest absolute Gasteiger partial charge is 0.392 e. The molecule has 1 aliphatic heterocycles. The van der Waals surface area contributed by atoms with Crippen LogP contribution in [0.1, 0.15) is 27.2 Å². The van der Waals surface area contributed by atoms with E-state index in [0.717, 1.165) is 0 Å². The molecular formula is C11H20N2O3. The molecule has 1 heterocycles. The monoisotopic (exact) mass is 228 g/mol. The first-order valence-corrected chi connectivity index (χ1v) is 5.67. The van der Waals surface area contributed by atoms with Gasteiger partial charge in [-0.1, -0.05) is 0 Å². The summed E-state index contributed by atoms with van der Waals surface area (Å²) < 4.78 is 0. The molecule has 2 N–H and O–H groups in total. The molecule has 0 aromatic carbocycles. The molecule has 2 unspecified atom stereocenters. The van der Waals surface area contributed by atoms with Crippen LogP contribution in [0, 0.1) is 5.92 Å². The van der Waals surface area contributed by atoms with Crippen LogP contribution in [0.25, 0.3) is 0 Å². The third kappa shape index (κ3) is 3.20. The fraction of sp³-hybridized carbons (Fsp3) is 0.818. The summed E-state index contributed by atoms with van der Waals surface area (Å²) in [7, 11) is 0. The van der Waals surface area contributed by atoms with Crippen molar-refractivity contribution in [3.05, 3.63) is 0 Å². The second-order valence-corrected chi connectivity index (χ2v) is 4.64. The van der Waals surface area contributed by atoms with Crippen molar-refractivity contribution in [3.63, 3.8) is 0 Å². The highest BCUT2D eigenvalue weighted by Crippen LogP contribution is 2.19. The molecule has 0 saturated carbocycles. The Morgan fingerprint density at radius 1 is 1.56 bits per heavy atom. The fourth-order valence-corrected chi connectivity index (χ4v) is 1.80. The molecule has 1 rings (SSSR count). The molecule has 1 aliphatic rings. The lowest BCUT2D eigenvalue weighted by atomic mass is 10.1. The van der Waals surface area contributed by atoms with Crippen molar-refractivity contribution < 1.29 is 14.7 Å². The van der Waals surface area contributed by atoms with Gasteiger partial charge in [0.1, 0.15) is 0 Å². The molecule has 1 saturated heterocycles. The predicted molar refractivity (Wildman–Crippen MR) is 59.6 cm³/mol. The maximum absolute atomic E-state index is 11.7. The predicted octanol–water partition coefficient (Wildman–Crippen LogP) is -0.260. The summed E-state index contributed by atoms with van der Waals surface area (Å²) in [5, 5.41) is 11.7. The van der Waals surface area contributed by atoms with E-state index in [2.05, 4.69) is 5.32 Å². The zero-order valence-electron chi connectivity index (χ0n) is 10.1. The molecular weight excluding hydrogens is 208 g/mol. The third-order valence-corrected chi connectivity index (χ3v) is 2.72. The fourth-order valence-electron chi connectivity index (χ4n) is 1.80. The van der Waals surface area contributed by atoms with Crippen molar-refractivity contribution in [1.82, 2.24) is 10.2 Å². The van der Waals surface area contributed by atoms with Crippen molar-refractivity contribution in [3.8, 4) is 0 Å². The van der Waals surface area contributed by atoms with Gasteiger partial charge in [-0.3, -0.25) is 9.59 Å². The van der Waals surface area contributed by atoms with Gasteiger partial charge in [-0.15, -0.1) is 0 Å². The molecule has 0 aromatic rings. The van der Waals surface area contributed by atoms with Crippen molar-refractivity contribution in [2.75, 3.05) is 13.1 Å². The van der Waals surface area contributed by atoms with Gasteiger partial charge in [-0.25, -0.2) is 0 Å². The number of hydrogen-bond acceptors (Lipinski definition) is 3. The molecule has 0 bridgehead atoms. The topological polar surface area (TPSA) is 69.6 Å². The zero-order chi connectivity index (χ0) is 12.3. The van der Waals surface area contributed by atoms with E-state index in [0.29, 0.717) is 6.54 Å². The zero-order valence-corrected chi connectivity index (χ0v) is 10.1. The molecule has 0 aromatic heterocycles. The molecule has 16 heavy (non-hydrogen) atoms. The summed E-state index contributed by atoms with van der Waals surface area (Å²) >= 11 is 0. The molecule has 0 aliphatic carbocycles. The minimum atomic E-state index is -0.553. The quantitative estimate of drug-likeness (QED) is 0.696. The summed E-state index contributed by atoms with van der Waals surface area (Å²) in [6.07, 6.45) is -0.272. The van der Waals surface area contributed by atoms with Crippen LogP contribution < -0.4 is 5.32 Å². The van der Waals surface area contributed by atoms with Crippen molar-refractivity contribution in [2.24, 2.45) is 5.92 Å². The minimum absolute atomic E-state index is 0.0344. The van der Waals surface area contributed by atoms with Crippen molar-refractivity contribution in [2.45, 2.75) is 39.3 Å². The Labute approximate surface area is 95.8 Å². The molecule has 5 nitrogen and oxygen atoms in total. The van der Waals surface area contributed by atoms with E-state index >= 15 is 0 Å². The second-order valence-electron chi connectivity index (χ2n) is 4.64.